The highest BCUT2D eigenvalue weighted by molar-refractivity contribution is 6.18. The second-order valence-electron chi connectivity index (χ2n) is 4.60. The molecule has 0 saturated heterocycles. The van der Waals surface area contributed by atoms with Gasteiger partial charge in [0.2, 0.25) is 0 Å². The highest BCUT2D eigenvalue weighted by Gasteiger charge is 2.12. The maximum Gasteiger partial charge on any atom is 0.128 e. The molecular weight excluding hydrogens is 250 g/mol. The number of nitrogens with one attached hydrogen (secondary N) is 1. The Kier molecular flexibility index (Phi) is 2.88. The molecule has 0 amide bonds. The zero-order valence-corrected chi connectivity index (χ0v) is 10.7. The number of hydrogen-bond donors (Lipinski definition) is 3. The number of fused-ring (bicyclic) bond motifs is 1. The van der Waals surface area contributed by atoms with Crippen LogP contribution in [0, 0.1) is 5.41 Å². The van der Waals surface area contributed by atoms with Crippen LogP contribution in [0.4, 0.5) is 0 Å². The number of phenols is 2. The molecular formula is C17H13NO2. The van der Waals surface area contributed by atoms with E-state index < -0.39 is 0 Å². The van der Waals surface area contributed by atoms with E-state index in [-0.39, 0.29) is 17.2 Å². The largest absolute Gasteiger partial charge is 0.508 e. The van der Waals surface area contributed by atoms with Crippen molar-refractivity contribution >= 4 is 16.5 Å². The predicted molar refractivity (Wildman–Crippen MR) is 79.7 cm³/mol. The van der Waals surface area contributed by atoms with Crippen molar-refractivity contribution in [2.45, 2.75) is 0 Å². The molecule has 3 N–H and O–H groups in total. The van der Waals surface area contributed by atoms with Crippen LogP contribution in [-0.2, 0) is 0 Å². The Morgan fingerprint density at radius 1 is 0.800 bits per heavy atom. The molecule has 0 unspecified atom stereocenters. The standard InChI is InChI=1S/C17H13NO2/c18-17(15-9-8-12(19)10-16(15)20)14-7-3-5-11-4-1-2-6-13(11)14/h1-10,18-20H. The van der Waals surface area contributed by atoms with E-state index in [9.17, 15) is 10.2 Å². The van der Waals surface area contributed by atoms with E-state index in [2.05, 4.69) is 0 Å². The average Bonchev–Trinajstić information content (AvgIpc) is 2.46. The van der Waals surface area contributed by atoms with Gasteiger partial charge in [-0.1, -0.05) is 42.5 Å². The number of rotatable bonds is 2. The van der Waals surface area contributed by atoms with Crippen LogP contribution in [-0.4, -0.2) is 15.9 Å². The van der Waals surface area contributed by atoms with E-state index in [0.717, 1.165) is 16.3 Å². The number of phenolic OH excluding ortho intramolecular Hbond substituents is 2. The van der Waals surface area contributed by atoms with Gasteiger partial charge in [0, 0.05) is 17.2 Å². The van der Waals surface area contributed by atoms with Crippen LogP contribution in [0.15, 0.2) is 60.7 Å². The molecule has 0 heterocycles. The molecule has 0 bridgehead atoms. The number of hydrogen-bond acceptors (Lipinski definition) is 3. The Bertz CT molecular complexity index is 804. The lowest BCUT2D eigenvalue weighted by Gasteiger charge is -2.10. The summed E-state index contributed by atoms with van der Waals surface area (Å²) in [5.41, 5.74) is 1.39. The molecule has 0 aliphatic carbocycles. The topological polar surface area (TPSA) is 64.3 Å². The van der Waals surface area contributed by atoms with Crippen LogP contribution >= 0.6 is 0 Å². The van der Waals surface area contributed by atoms with E-state index in [1.54, 1.807) is 6.07 Å². The van der Waals surface area contributed by atoms with E-state index in [1.165, 1.54) is 12.1 Å². The number of aromatic hydroxyl groups is 2. The normalized spacial score (nSPS) is 10.6. The summed E-state index contributed by atoms with van der Waals surface area (Å²) < 4.78 is 0. The van der Waals surface area contributed by atoms with Gasteiger partial charge in [0.25, 0.3) is 0 Å². The molecule has 0 spiro atoms. The van der Waals surface area contributed by atoms with Crippen LogP contribution in [0.5, 0.6) is 11.5 Å². The van der Waals surface area contributed by atoms with E-state index in [4.69, 9.17) is 5.41 Å². The molecule has 0 fully saturated rings. The van der Waals surface area contributed by atoms with Crippen molar-refractivity contribution in [1.29, 1.82) is 5.41 Å². The first-order valence-corrected chi connectivity index (χ1v) is 6.26. The average molecular weight is 263 g/mol. The lowest BCUT2D eigenvalue weighted by Crippen LogP contribution is -2.02. The summed E-state index contributed by atoms with van der Waals surface area (Å²) in [6, 6.07) is 17.8. The SMILES string of the molecule is N=C(c1ccc(O)cc1O)c1cccc2ccccc12. The zero-order chi connectivity index (χ0) is 14.1. The fourth-order valence-corrected chi connectivity index (χ4v) is 2.32. The van der Waals surface area contributed by atoms with Crippen molar-refractivity contribution in [3.63, 3.8) is 0 Å². The van der Waals surface area contributed by atoms with Gasteiger partial charge in [-0.15, -0.1) is 0 Å². The third-order valence-corrected chi connectivity index (χ3v) is 3.31. The van der Waals surface area contributed by atoms with E-state index in [1.807, 2.05) is 42.5 Å². The summed E-state index contributed by atoms with van der Waals surface area (Å²) in [7, 11) is 0. The lowest BCUT2D eigenvalue weighted by atomic mass is 9.96. The minimum Gasteiger partial charge on any atom is -0.508 e. The van der Waals surface area contributed by atoms with Crippen molar-refractivity contribution in [3.8, 4) is 11.5 Å². The van der Waals surface area contributed by atoms with Gasteiger partial charge in [-0.3, -0.25) is 5.41 Å². The minimum absolute atomic E-state index is 0.0167. The predicted octanol–water partition coefficient (Wildman–Crippen LogP) is 3.67. The molecule has 0 saturated carbocycles. The highest BCUT2D eigenvalue weighted by atomic mass is 16.3. The molecule has 3 rings (SSSR count). The van der Waals surface area contributed by atoms with Crippen LogP contribution in [0.3, 0.4) is 0 Å². The fourth-order valence-electron chi connectivity index (χ4n) is 2.32. The maximum atomic E-state index is 9.89. The van der Waals surface area contributed by atoms with Crippen LogP contribution in [0.25, 0.3) is 10.8 Å². The Hall–Kier alpha value is -2.81. The smallest absolute Gasteiger partial charge is 0.128 e. The highest BCUT2D eigenvalue weighted by Crippen LogP contribution is 2.27. The first-order valence-electron chi connectivity index (χ1n) is 6.26. The maximum absolute atomic E-state index is 9.89. The monoisotopic (exact) mass is 263 g/mol. The quantitative estimate of drug-likeness (QED) is 0.618. The van der Waals surface area contributed by atoms with Gasteiger partial charge >= 0.3 is 0 Å². The summed E-state index contributed by atoms with van der Waals surface area (Å²) in [5.74, 6) is -0.111. The Labute approximate surface area is 116 Å². The summed E-state index contributed by atoms with van der Waals surface area (Å²) in [5, 5.41) is 29.6. The van der Waals surface area contributed by atoms with Gasteiger partial charge in [0.05, 0.1) is 5.71 Å². The molecule has 0 radical (unpaired) electrons. The van der Waals surface area contributed by atoms with Crippen LogP contribution < -0.4 is 0 Å². The fraction of sp³-hybridized carbons (Fsp3) is 0. The molecule has 3 nitrogen and oxygen atoms in total. The zero-order valence-electron chi connectivity index (χ0n) is 10.7. The summed E-state index contributed by atoms with van der Waals surface area (Å²) in [4.78, 5) is 0. The first-order chi connectivity index (χ1) is 9.66. The third-order valence-electron chi connectivity index (χ3n) is 3.31. The van der Waals surface area contributed by atoms with Crippen LogP contribution in [0.1, 0.15) is 11.1 Å². The van der Waals surface area contributed by atoms with Crippen molar-refractivity contribution < 1.29 is 10.2 Å². The third kappa shape index (κ3) is 1.99. The molecule has 98 valence electrons. The summed E-state index contributed by atoms with van der Waals surface area (Å²) in [6.07, 6.45) is 0. The van der Waals surface area contributed by atoms with Gasteiger partial charge in [-0.05, 0) is 22.9 Å². The van der Waals surface area contributed by atoms with Crippen molar-refractivity contribution in [2.24, 2.45) is 0 Å². The molecule has 0 aliphatic rings. The van der Waals surface area contributed by atoms with Crippen molar-refractivity contribution in [2.75, 3.05) is 0 Å². The van der Waals surface area contributed by atoms with Crippen molar-refractivity contribution in [1.82, 2.24) is 0 Å². The molecule has 3 aromatic carbocycles. The molecule has 0 aliphatic heterocycles. The Morgan fingerprint density at radius 3 is 2.35 bits per heavy atom. The van der Waals surface area contributed by atoms with Gasteiger partial charge in [0.1, 0.15) is 11.5 Å². The summed E-state index contributed by atoms with van der Waals surface area (Å²) in [6.45, 7) is 0. The van der Waals surface area contributed by atoms with Crippen LogP contribution in [0.2, 0.25) is 0 Å². The molecule has 3 heteroatoms. The molecule has 20 heavy (non-hydrogen) atoms. The first kappa shape index (κ1) is 12.2. The van der Waals surface area contributed by atoms with Gasteiger partial charge < -0.3 is 10.2 Å². The molecule has 3 aromatic rings. The Morgan fingerprint density at radius 2 is 1.55 bits per heavy atom. The van der Waals surface area contributed by atoms with Gasteiger partial charge in [-0.25, -0.2) is 0 Å². The minimum atomic E-state index is -0.0945. The summed E-state index contributed by atoms with van der Waals surface area (Å²) >= 11 is 0. The van der Waals surface area contributed by atoms with Gasteiger partial charge in [0.15, 0.2) is 0 Å². The van der Waals surface area contributed by atoms with E-state index >= 15 is 0 Å². The number of benzene rings is 3. The molecule has 0 atom stereocenters. The Balaban J connectivity index is 2.18. The van der Waals surface area contributed by atoms with Gasteiger partial charge in [-0.2, -0.15) is 0 Å². The lowest BCUT2D eigenvalue weighted by molar-refractivity contribution is 0.450. The molecule has 0 aromatic heterocycles. The van der Waals surface area contributed by atoms with E-state index in [0.29, 0.717) is 5.56 Å². The second kappa shape index (κ2) is 4.70. The second-order valence-corrected chi connectivity index (χ2v) is 4.60. The van der Waals surface area contributed by atoms with Crippen molar-refractivity contribution in [3.05, 3.63) is 71.8 Å².